The second-order valence-electron chi connectivity index (χ2n) is 5.76. The van der Waals surface area contributed by atoms with Crippen molar-refractivity contribution in [3.63, 3.8) is 0 Å². The summed E-state index contributed by atoms with van der Waals surface area (Å²) in [5.74, 6) is 0.0318. The van der Waals surface area contributed by atoms with E-state index in [2.05, 4.69) is 15.3 Å². The molecule has 0 atom stereocenters. The SMILES string of the molecule is CC1(C(=O)Nc2nc3ccc4scnc4c3s2)CCOCC1. The number of hydrogen-bond donors (Lipinski definition) is 1. The number of benzene rings is 1. The van der Waals surface area contributed by atoms with E-state index in [-0.39, 0.29) is 11.3 Å². The predicted molar refractivity (Wildman–Crippen MR) is 89.6 cm³/mol. The Labute approximate surface area is 135 Å². The average molecular weight is 333 g/mol. The highest BCUT2D eigenvalue weighted by Gasteiger charge is 2.35. The lowest BCUT2D eigenvalue weighted by atomic mass is 9.81. The first-order chi connectivity index (χ1) is 10.7. The number of rotatable bonds is 2. The minimum absolute atomic E-state index is 0.0318. The summed E-state index contributed by atoms with van der Waals surface area (Å²) < 4.78 is 7.53. The number of nitrogens with zero attached hydrogens (tertiary/aromatic N) is 2. The molecule has 7 heteroatoms. The molecule has 3 aromatic rings. The Bertz CT molecular complexity index is 849. The van der Waals surface area contributed by atoms with Crippen molar-refractivity contribution >= 4 is 54.1 Å². The number of carbonyl (C=O) groups is 1. The van der Waals surface area contributed by atoms with Crippen LogP contribution in [0, 0.1) is 5.41 Å². The van der Waals surface area contributed by atoms with E-state index >= 15 is 0 Å². The standard InChI is InChI=1S/C15H15N3O2S2/c1-15(4-6-20-7-5-15)13(19)18-14-17-9-2-3-10-11(12(9)22-14)16-8-21-10/h2-3,8H,4-7H2,1H3,(H,17,18,19). The zero-order valence-electron chi connectivity index (χ0n) is 12.1. The van der Waals surface area contributed by atoms with Gasteiger partial charge in [-0.1, -0.05) is 18.3 Å². The van der Waals surface area contributed by atoms with Crippen molar-refractivity contribution in [1.82, 2.24) is 9.97 Å². The Balaban J connectivity index is 1.65. The van der Waals surface area contributed by atoms with Gasteiger partial charge in [-0.25, -0.2) is 9.97 Å². The fourth-order valence-electron chi connectivity index (χ4n) is 2.66. The average Bonchev–Trinajstić information content (AvgIpc) is 3.12. The van der Waals surface area contributed by atoms with Gasteiger partial charge in [0.05, 0.1) is 25.8 Å². The Morgan fingerprint density at radius 3 is 3.00 bits per heavy atom. The molecule has 0 saturated carbocycles. The topological polar surface area (TPSA) is 64.1 Å². The Hall–Kier alpha value is -1.57. The summed E-state index contributed by atoms with van der Waals surface area (Å²) in [6.07, 6.45) is 1.50. The largest absolute Gasteiger partial charge is 0.381 e. The van der Waals surface area contributed by atoms with Crippen LogP contribution >= 0.6 is 22.7 Å². The summed E-state index contributed by atoms with van der Waals surface area (Å²) in [4.78, 5) is 21.5. The number of nitrogens with one attached hydrogen (secondary N) is 1. The smallest absolute Gasteiger partial charge is 0.232 e. The fraction of sp³-hybridized carbons (Fsp3) is 0.400. The van der Waals surface area contributed by atoms with Crippen LogP contribution in [0.25, 0.3) is 20.4 Å². The van der Waals surface area contributed by atoms with Gasteiger partial charge in [-0.15, -0.1) is 11.3 Å². The second kappa shape index (κ2) is 5.26. The highest BCUT2D eigenvalue weighted by atomic mass is 32.1. The molecule has 1 fully saturated rings. The number of hydrogen-bond acceptors (Lipinski definition) is 6. The van der Waals surface area contributed by atoms with E-state index in [4.69, 9.17) is 4.74 Å². The number of fused-ring (bicyclic) bond motifs is 3. The van der Waals surface area contributed by atoms with E-state index in [9.17, 15) is 4.79 Å². The first-order valence-corrected chi connectivity index (χ1v) is 8.87. The van der Waals surface area contributed by atoms with Crippen LogP contribution in [0.15, 0.2) is 17.6 Å². The lowest BCUT2D eigenvalue weighted by molar-refractivity contribution is -0.129. The summed E-state index contributed by atoms with van der Waals surface area (Å²) in [5.41, 5.74) is 3.32. The van der Waals surface area contributed by atoms with Gasteiger partial charge in [-0.05, 0) is 25.0 Å². The first kappa shape index (κ1) is 14.0. The van der Waals surface area contributed by atoms with Crippen molar-refractivity contribution < 1.29 is 9.53 Å². The van der Waals surface area contributed by atoms with E-state index in [0.717, 1.165) is 33.3 Å². The summed E-state index contributed by atoms with van der Waals surface area (Å²) in [6.45, 7) is 3.28. The van der Waals surface area contributed by atoms with Crippen LogP contribution in [-0.2, 0) is 9.53 Å². The summed E-state index contributed by atoms with van der Waals surface area (Å²) in [7, 11) is 0. The molecule has 0 unspecified atom stereocenters. The maximum atomic E-state index is 12.6. The van der Waals surface area contributed by atoms with Gasteiger partial charge in [0.15, 0.2) is 5.13 Å². The molecule has 1 aliphatic rings. The van der Waals surface area contributed by atoms with Crippen molar-refractivity contribution in [2.45, 2.75) is 19.8 Å². The van der Waals surface area contributed by atoms with Gasteiger partial charge in [0.25, 0.3) is 0 Å². The molecule has 0 bridgehead atoms. The quantitative estimate of drug-likeness (QED) is 0.777. The number of carbonyl (C=O) groups excluding carboxylic acids is 1. The van der Waals surface area contributed by atoms with Gasteiger partial charge in [-0.2, -0.15) is 0 Å². The molecular formula is C15H15N3O2S2. The fourth-order valence-corrected chi connectivity index (χ4v) is 4.37. The normalized spacial score (nSPS) is 17.9. The molecule has 1 aromatic carbocycles. The van der Waals surface area contributed by atoms with Gasteiger partial charge in [0, 0.05) is 13.2 Å². The van der Waals surface area contributed by atoms with E-state index in [1.165, 1.54) is 11.3 Å². The first-order valence-electron chi connectivity index (χ1n) is 7.18. The Morgan fingerprint density at radius 2 is 2.18 bits per heavy atom. The van der Waals surface area contributed by atoms with Gasteiger partial charge in [0.1, 0.15) is 5.52 Å². The zero-order chi connectivity index (χ0) is 15.2. The van der Waals surface area contributed by atoms with Crippen LogP contribution in [-0.4, -0.2) is 29.1 Å². The molecule has 2 aromatic heterocycles. The van der Waals surface area contributed by atoms with Crippen molar-refractivity contribution in [3.8, 4) is 0 Å². The molecule has 0 radical (unpaired) electrons. The van der Waals surface area contributed by atoms with E-state index < -0.39 is 0 Å². The van der Waals surface area contributed by atoms with Crippen LogP contribution in [0.5, 0.6) is 0 Å². The summed E-state index contributed by atoms with van der Waals surface area (Å²) in [6, 6.07) is 4.01. The Morgan fingerprint density at radius 1 is 1.36 bits per heavy atom. The van der Waals surface area contributed by atoms with E-state index in [1.807, 2.05) is 24.6 Å². The number of ether oxygens (including phenoxy) is 1. The van der Waals surface area contributed by atoms with Crippen molar-refractivity contribution in [3.05, 3.63) is 17.6 Å². The maximum absolute atomic E-state index is 12.6. The maximum Gasteiger partial charge on any atom is 0.232 e. The third-order valence-corrected chi connectivity index (χ3v) is 6.01. The predicted octanol–water partition coefficient (Wildman–Crippen LogP) is 3.66. The number of aromatic nitrogens is 2. The van der Waals surface area contributed by atoms with Crippen molar-refractivity contribution in [2.24, 2.45) is 5.41 Å². The number of thiazole rings is 2. The monoisotopic (exact) mass is 333 g/mol. The van der Waals surface area contributed by atoms with E-state index in [0.29, 0.717) is 18.3 Å². The van der Waals surface area contributed by atoms with E-state index in [1.54, 1.807) is 11.3 Å². The highest BCUT2D eigenvalue weighted by molar-refractivity contribution is 7.24. The highest BCUT2D eigenvalue weighted by Crippen LogP contribution is 2.35. The molecule has 3 heterocycles. The van der Waals surface area contributed by atoms with Gasteiger partial charge in [0.2, 0.25) is 5.91 Å². The molecule has 1 N–H and O–H groups in total. The summed E-state index contributed by atoms with van der Waals surface area (Å²) in [5, 5.41) is 3.63. The van der Waals surface area contributed by atoms with Gasteiger partial charge >= 0.3 is 0 Å². The lowest BCUT2D eigenvalue weighted by Crippen LogP contribution is -2.38. The Kier molecular flexibility index (Phi) is 3.36. The molecule has 1 amide bonds. The van der Waals surface area contributed by atoms with Crippen molar-refractivity contribution in [1.29, 1.82) is 0 Å². The molecule has 22 heavy (non-hydrogen) atoms. The van der Waals surface area contributed by atoms with Crippen LogP contribution in [0.2, 0.25) is 0 Å². The molecular weight excluding hydrogens is 318 g/mol. The molecule has 5 nitrogen and oxygen atoms in total. The van der Waals surface area contributed by atoms with Gasteiger partial charge in [-0.3, -0.25) is 4.79 Å². The molecule has 1 saturated heterocycles. The van der Waals surface area contributed by atoms with Crippen LogP contribution < -0.4 is 5.32 Å². The van der Waals surface area contributed by atoms with Crippen LogP contribution in [0.4, 0.5) is 5.13 Å². The molecule has 1 aliphatic heterocycles. The summed E-state index contributed by atoms with van der Waals surface area (Å²) >= 11 is 3.11. The number of amides is 1. The lowest BCUT2D eigenvalue weighted by Gasteiger charge is -2.31. The molecule has 0 aliphatic carbocycles. The van der Waals surface area contributed by atoms with Crippen LogP contribution in [0.3, 0.4) is 0 Å². The minimum atomic E-state index is -0.369. The molecule has 0 spiro atoms. The molecule has 4 rings (SSSR count). The van der Waals surface area contributed by atoms with Gasteiger partial charge < -0.3 is 10.1 Å². The van der Waals surface area contributed by atoms with Crippen molar-refractivity contribution in [2.75, 3.05) is 18.5 Å². The zero-order valence-corrected chi connectivity index (χ0v) is 13.7. The third-order valence-electron chi connectivity index (χ3n) is 4.22. The molecule has 114 valence electrons. The minimum Gasteiger partial charge on any atom is -0.381 e. The number of anilines is 1. The second-order valence-corrected chi connectivity index (χ2v) is 7.64. The van der Waals surface area contributed by atoms with Crippen LogP contribution in [0.1, 0.15) is 19.8 Å². The third kappa shape index (κ3) is 2.29.